The van der Waals surface area contributed by atoms with Gasteiger partial charge in [0.05, 0.1) is 190 Å². The third kappa shape index (κ3) is 39.2. The highest BCUT2D eigenvalue weighted by Crippen LogP contribution is 2.34. The maximum absolute atomic E-state index is 14.0. The molecular weight excluding hydrogens is 1910 g/mol. The first-order valence-corrected chi connectivity index (χ1v) is 49.3. The molecule has 0 atom stereocenters. The number of aromatic hydroxyl groups is 2. The number of anilines is 2. The smallest absolute Gasteiger partial charge is 0.317 e. The Kier molecular flexibility index (Phi) is 48.0. The van der Waals surface area contributed by atoms with Gasteiger partial charge in [-0.2, -0.15) is 0 Å². The Labute approximate surface area is 849 Å². The van der Waals surface area contributed by atoms with Crippen molar-refractivity contribution in [1.82, 2.24) is 102 Å². The Morgan fingerprint density at radius 2 is 0.578 bits per heavy atom. The van der Waals surface area contributed by atoms with E-state index in [1.807, 2.05) is 60.7 Å². The van der Waals surface area contributed by atoms with Crippen molar-refractivity contribution in [3.8, 4) is 57.1 Å². The van der Waals surface area contributed by atoms with Crippen molar-refractivity contribution in [1.29, 1.82) is 0 Å². The SMILES string of the molecule is CN1CCN(c2cc(C(=O)NCCOCCOCC(=O)NCCOCCOCC(=O)NCCN(CCNC(=O)COCCOCCNC(=O)COCCOCCNC(=O)c3cc(N4CCN(C)CC4)cc4[nH]c(-c5ccc6[nH]c(-c7ccc(O)cc7)nc6c5)nc34)C(=O)NCCOCCOCC(=O)NCCOCCOCC(=O)NCCOCCOCCN)c3nc(-c4ccc5[nH]c(-c6ccc(O)cc6)nc5c4)[nH]c3c2)CC1. The highest BCUT2D eigenvalue weighted by atomic mass is 16.6. The van der Waals surface area contributed by atoms with E-state index in [0.29, 0.717) is 96.0 Å². The van der Waals surface area contributed by atoms with Crippen LogP contribution in [0.2, 0.25) is 0 Å². The van der Waals surface area contributed by atoms with Crippen LogP contribution in [0.25, 0.3) is 89.7 Å². The predicted molar refractivity (Wildman–Crippen MR) is 544 cm³/mol. The van der Waals surface area contributed by atoms with Gasteiger partial charge < -0.3 is 175 Å². The lowest BCUT2D eigenvalue weighted by molar-refractivity contribution is -0.127. The summed E-state index contributed by atoms with van der Waals surface area (Å²) in [6, 6.07) is 32.5. The Bertz CT molecular complexity index is 5460. The normalized spacial score (nSPS) is 13.0. The van der Waals surface area contributed by atoms with Gasteiger partial charge in [0, 0.05) is 165 Å². The lowest BCUT2D eigenvalue weighted by atomic mass is 10.1. The molecule has 0 radical (unpaired) electrons. The summed E-state index contributed by atoms with van der Waals surface area (Å²) in [5, 5.41) is 44.5. The van der Waals surface area contributed by atoms with Crippen LogP contribution in [-0.4, -0.2) is 448 Å². The standard InChI is InChI=1S/C99H137N23O25/c1-118-27-31-120(32-28-118)73-59-77(91-83(61-73)114-95(116-91)71-7-13-79-81(57-71)112-93(110-79)69-3-9-75(123)10-4-69)97(131)107-22-40-139-48-54-145-66-88(128)104-19-37-136-45-51-142-63-85(125)101-16-25-122(99(133)109-24-42-141-50-56-147-68-90(130)106-21-39-138-47-53-144-65-87(127)103-18-36-135-44-43-134-35-15-100)26-17-102-86(126)64-143-52-46-137-38-20-105-89(129)67-146-55-49-140-41-23-108-98(132)78-60-74(121-33-29-119(2)30-34-121)62-84-92(78)117-96(115-84)72-8-14-80-82(58-72)113-94(111-80)70-5-11-76(124)12-6-70/h3-14,57-62,123-124H,15-56,63-68,100H2,1-2H3,(H,101,125)(H,102,126)(H,103,127)(H,104,128)(H,105,129)(H,106,130)(H,107,131)(H,108,132)(H,109,133)(H,110,112)(H,111,113)(H,114,116)(H,115,117). The average Bonchev–Trinajstić information content (AvgIpc) is 1.63. The van der Waals surface area contributed by atoms with Gasteiger partial charge in [0.15, 0.2) is 0 Å². The van der Waals surface area contributed by atoms with Crippen LogP contribution >= 0.6 is 0 Å². The Balaban J connectivity index is 0.481. The van der Waals surface area contributed by atoms with E-state index in [1.165, 1.54) is 4.90 Å². The number of ether oxygens (including phenoxy) is 14. The summed E-state index contributed by atoms with van der Waals surface area (Å²) < 4.78 is 77.0. The van der Waals surface area contributed by atoms with Crippen molar-refractivity contribution in [2.75, 3.05) is 340 Å². The zero-order valence-electron chi connectivity index (χ0n) is 83.2. The van der Waals surface area contributed by atoms with E-state index >= 15 is 0 Å². The molecule has 0 saturated carbocycles. The molecule has 0 aliphatic carbocycles. The van der Waals surface area contributed by atoms with Crippen molar-refractivity contribution in [3.05, 3.63) is 120 Å². The zero-order chi connectivity index (χ0) is 103. The molecule has 10 amide bonds. The number of hydrogen-bond acceptors (Lipinski definition) is 34. The number of aromatic nitrogens is 8. The minimum atomic E-state index is -0.512. The molecule has 798 valence electrons. The fourth-order valence-electron chi connectivity index (χ4n) is 15.2. The molecule has 0 unspecified atom stereocenters. The monoisotopic (exact) mass is 2050 g/mol. The molecule has 147 heavy (non-hydrogen) atoms. The van der Waals surface area contributed by atoms with E-state index in [2.05, 4.69) is 101 Å². The van der Waals surface area contributed by atoms with Crippen LogP contribution in [0, 0.1) is 0 Å². The van der Waals surface area contributed by atoms with E-state index in [4.69, 9.17) is 92.0 Å². The van der Waals surface area contributed by atoms with Crippen LogP contribution in [0.1, 0.15) is 20.7 Å². The first-order chi connectivity index (χ1) is 71.7. The number of H-pyrrole nitrogens is 4. The number of imidazole rings is 4. The molecule has 2 fully saturated rings. The van der Waals surface area contributed by atoms with Crippen molar-refractivity contribution in [2.24, 2.45) is 5.73 Å². The highest BCUT2D eigenvalue weighted by molar-refractivity contribution is 6.08. The molecule has 10 aromatic rings. The molecule has 6 aromatic carbocycles. The Morgan fingerprint density at radius 3 is 0.898 bits per heavy atom. The van der Waals surface area contributed by atoms with Gasteiger partial charge in [0.25, 0.3) is 11.8 Å². The molecule has 6 heterocycles. The van der Waals surface area contributed by atoms with Crippen LogP contribution in [0.5, 0.6) is 11.5 Å². The topological polar surface area (TPSA) is 589 Å². The number of amides is 10. The van der Waals surface area contributed by atoms with E-state index in [0.717, 1.165) is 108 Å². The number of phenols is 2. The van der Waals surface area contributed by atoms with E-state index in [9.17, 15) is 53.4 Å². The zero-order valence-corrected chi connectivity index (χ0v) is 83.2. The second kappa shape index (κ2) is 62.7. The van der Waals surface area contributed by atoms with Gasteiger partial charge in [-0.15, -0.1) is 0 Å². The van der Waals surface area contributed by atoms with Gasteiger partial charge in [0.2, 0.25) is 35.4 Å². The Morgan fingerprint density at radius 1 is 0.306 bits per heavy atom. The number of urea groups is 1. The highest BCUT2D eigenvalue weighted by Gasteiger charge is 2.26. The largest absolute Gasteiger partial charge is 0.508 e. The summed E-state index contributed by atoms with van der Waals surface area (Å²) in [7, 11) is 4.17. The predicted octanol–water partition coefficient (Wildman–Crippen LogP) is 0.834. The van der Waals surface area contributed by atoms with Gasteiger partial charge >= 0.3 is 6.03 Å². The van der Waals surface area contributed by atoms with Crippen molar-refractivity contribution in [3.63, 3.8) is 0 Å². The summed E-state index contributed by atoms with van der Waals surface area (Å²) in [5.74, 6) is -0.136. The van der Waals surface area contributed by atoms with Gasteiger partial charge in [0.1, 0.15) is 85.5 Å². The number of nitrogens with zero attached hydrogens (tertiary/aromatic N) is 9. The number of hydrogen-bond donors (Lipinski definition) is 16. The molecular formula is C99H137N23O25. The number of carbonyl (C=O) groups is 9. The molecule has 2 aliphatic rings. The number of benzene rings is 6. The molecule has 0 bridgehead atoms. The lowest BCUT2D eigenvalue weighted by Gasteiger charge is -2.34. The third-order valence-electron chi connectivity index (χ3n) is 23.0. The number of likely N-dealkylation sites (N-methyl/N-ethyl adjacent to an activating group) is 2. The number of rotatable bonds is 70. The minimum absolute atomic E-state index is 0.0250. The number of aromatic amines is 4. The molecule has 48 nitrogen and oxygen atoms in total. The van der Waals surface area contributed by atoms with Crippen LogP contribution in [0.4, 0.5) is 16.2 Å². The Hall–Kier alpha value is -13.3. The number of carbonyl (C=O) groups excluding carboxylic acids is 9. The maximum atomic E-state index is 14.0. The second-order valence-electron chi connectivity index (χ2n) is 34.1. The summed E-state index contributed by atoms with van der Waals surface area (Å²) >= 11 is 0. The number of piperazine rings is 2. The molecule has 17 N–H and O–H groups in total. The van der Waals surface area contributed by atoms with Crippen LogP contribution in [0.3, 0.4) is 0 Å². The fraction of sp³-hybridized carbons (Fsp3) is 0.505. The van der Waals surface area contributed by atoms with Crippen LogP contribution < -0.4 is 63.4 Å². The van der Waals surface area contributed by atoms with Crippen molar-refractivity contribution >= 4 is 109 Å². The first-order valence-electron chi connectivity index (χ1n) is 49.3. The summed E-state index contributed by atoms with van der Waals surface area (Å²) in [4.78, 5) is 160. The molecule has 12 rings (SSSR count). The maximum Gasteiger partial charge on any atom is 0.317 e. The first kappa shape index (κ1) is 112. The summed E-state index contributed by atoms with van der Waals surface area (Å²) in [6.07, 6.45) is 0. The number of fused-ring (bicyclic) bond motifs is 4. The summed E-state index contributed by atoms with van der Waals surface area (Å²) in [6.45, 7) is 11.4. The minimum Gasteiger partial charge on any atom is -0.508 e. The average molecular weight is 2050 g/mol. The van der Waals surface area contributed by atoms with Crippen LogP contribution in [0.15, 0.2) is 109 Å². The van der Waals surface area contributed by atoms with E-state index in [-0.39, 0.29) is 271 Å². The molecule has 48 heteroatoms. The molecule has 2 saturated heterocycles. The fourth-order valence-corrected chi connectivity index (χ4v) is 15.2. The molecule has 2 aliphatic heterocycles. The van der Waals surface area contributed by atoms with Gasteiger partial charge in [-0.1, -0.05) is 0 Å². The summed E-state index contributed by atoms with van der Waals surface area (Å²) in [5.41, 5.74) is 16.8. The van der Waals surface area contributed by atoms with Crippen molar-refractivity contribution < 1.29 is 120 Å². The molecule has 4 aromatic heterocycles. The van der Waals surface area contributed by atoms with Crippen LogP contribution in [-0.2, 0) is 95.1 Å². The van der Waals surface area contributed by atoms with Gasteiger partial charge in [-0.3, -0.25) is 38.4 Å². The van der Waals surface area contributed by atoms with E-state index < -0.39 is 17.8 Å². The number of phenolic OH excluding ortho intramolecular Hbond substituents is 2. The molecule has 0 spiro atoms. The number of nitrogens with one attached hydrogen (secondary N) is 13. The second-order valence-corrected chi connectivity index (χ2v) is 34.1. The third-order valence-corrected chi connectivity index (χ3v) is 23.0. The quantitative estimate of drug-likeness (QED) is 0.0235. The number of nitrogens with two attached hydrogens (primary N) is 1. The van der Waals surface area contributed by atoms with Crippen molar-refractivity contribution in [2.45, 2.75) is 0 Å². The lowest BCUT2D eigenvalue weighted by Crippen LogP contribution is -2.48. The van der Waals surface area contributed by atoms with Gasteiger partial charge in [-0.25, -0.2) is 24.7 Å². The van der Waals surface area contributed by atoms with E-state index in [1.54, 1.807) is 48.5 Å². The van der Waals surface area contributed by atoms with Gasteiger partial charge in [-0.05, 0) is 123 Å².